The van der Waals surface area contributed by atoms with Gasteiger partial charge >= 0.3 is 0 Å². The highest BCUT2D eigenvalue weighted by atomic mass is 35.5. The third kappa shape index (κ3) is 3.72. The lowest BCUT2D eigenvalue weighted by Gasteiger charge is -2.40. The fourth-order valence-electron chi connectivity index (χ4n) is 4.27. The molecule has 4 heteroatoms. The van der Waals surface area contributed by atoms with Gasteiger partial charge < -0.3 is 10.6 Å². The maximum atomic E-state index is 13.0. The van der Waals surface area contributed by atoms with Crippen LogP contribution < -0.4 is 5.73 Å². The van der Waals surface area contributed by atoms with Crippen molar-refractivity contribution in [1.29, 1.82) is 0 Å². The van der Waals surface area contributed by atoms with Gasteiger partial charge in [0.15, 0.2) is 0 Å². The van der Waals surface area contributed by atoms with Crippen LogP contribution in [0.5, 0.6) is 0 Å². The number of nitrogens with zero attached hydrogens (tertiary/aromatic N) is 1. The number of carbonyl (C=O) groups excluding carboxylic acids is 1. The summed E-state index contributed by atoms with van der Waals surface area (Å²) in [6.07, 6.45) is 5.26. The molecule has 1 aromatic rings. The standard InChI is InChI=1S/C19H28N2O.ClH/c1-14-12-16(15-8-4-3-5-9-15)13-21(14)18(22)17-10-6-7-11-19(17,2)20;/h3-5,8-9,14,16-17H,6-7,10-13,20H2,1-2H3;1H. The second-order valence-corrected chi connectivity index (χ2v) is 7.49. The molecule has 1 aromatic carbocycles. The van der Waals surface area contributed by atoms with Crippen molar-refractivity contribution >= 4 is 18.3 Å². The topological polar surface area (TPSA) is 46.3 Å². The highest BCUT2D eigenvalue weighted by molar-refractivity contribution is 5.85. The largest absolute Gasteiger partial charge is 0.339 e. The molecule has 3 nitrogen and oxygen atoms in total. The predicted molar refractivity (Wildman–Crippen MR) is 96.8 cm³/mol. The van der Waals surface area contributed by atoms with Crippen LogP contribution in [0, 0.1) is 5.92 Å². The summed E-state index contributed by atoms with van der Waals surface area (Å²) in [5.41, 5.74) is 7.45. The van der Waals surface area contributed by atoms with Crippen molar-refractivity contribution in [3.8, 4) is 0 Å². The molecular weight excluding hydrogens is 308 g/mol. The molecular formula is C19H29ClN2O. The summed E-state index contributed by atoms with van der Waals surface area (Å²) in [6, 6.07) is 10.9. The molecule has 0 spiro atoms. The fourth-order valence-corrected chi connectivity index (χ4v) is 4.27. The van der Waals surface area contributed by atoms with Crippen LogP contribution in [0.1, 0.15) is 57.4 Å². The smallest absolute Gasteiger partial charge is 0.227 e. The van der Waals surface area contributed by atoms with E-state index in [1.807, 2.05) is 6.07 Å². The van der Waals surface area contributed by atoms with E-state index in [1.165, 1.54) is 5.56 Å². The number of likely N-dealkylation sites (tertiary alicyclic amines) is 1. The van der Waals surface area contributed by atoms with Crippen molar-refractivity contribution in [3.05, 3.63) is 35.9 Å². The first-order valence-electron chi connectivity index (χ1n) is 8.63. The third-order valence-corrected chi connectivity index (χ3v) is 5.68. The number of rotatable bonds is 2. The average molecular weight is 337 g/mol. The van der Waals surface area contributed by atoms with Gasteiger partial charge in [-0.2, -0.15) is 0 Å². The number of hydrogen-bond acceptors (Lipinski definition) is 2. The minimum Gasteiger partial charge on any atom is -0.339 e. The van der Waals surface area contributed by atoms with Crippen LogP contribution in [0.3, 0.4) is 0 Å². The Labute approximate surface area is 146 Å². The normalized spacial score (nSPS) is 34.0. The van der Waals surface area contributed by atoms with Gasteiger partial charge in [-0.3, -0.25) is 4.79 Å². The van der Waals surface area contributed by atoms with Crippen LogP contribution in [0.4, 0.5) is 0 Å². The minimum absolute atomic E-state index is 0. The molecule has 4 atom stereocenters. The second kappa shape index (κ2) is 7.23. The lowest BCUT2D eigenvalue weighted by molar-refractivity contribution is -0.139. The maximum Gasteiger partial charge on any atom is 0.227 e. The van der Waals surface area contributed by atoms with Crippen LogP contribution in [0.25, 0.3) is 0 Å². The van der Waals surface area contributed by atoms with Gasteiger partial charge in [0.2, 0.25) is 5.91 Å². The SMILES string of the molecule is CC1CC(c2ccccc2)CN1C(=O)C1CCCCC1(C)N.Cl. The lowest BCUT2D eigenvalue weighted by Crippen LogP contribution is -2.54. The minimum atomic E-state index is -0.333. The average Bonchev–Trinajstić information content (AvgIpc) is 2.89. The van der Waals surface area contributed by atoms with E-state index in [0.717, 1.165) is 38.6 Å². The molecule has 2 aliphatic rings. The number of carbonyl (C=O) groups is 1. The van der Waals surface area contributed by atoms with Gasteiger partial charge in [0.1, 0.15) is 0 Å². The van der Waals surface area contributed by atoms with E-state index in [0.29, 0.717) is 12.0 Å². The quantitative estimate of drug-likeness (QED) is 0.894. The Kier molecular flexibility index (Phi) is 5.74. The van der Waals surface area contributed by atoms with E-state index in [-0.39, 0.29) is 29.8 Å². The first-order chi connectivity index (χ1) is 10.5. The van der Waals surface area contributed by atoms with Crippen molar-refractivity contribution < 1.29 is 4.79 Å². The molecule has 1 aliphatic carbocycles. The summed E-state index contributed by atoms with van der Waals surface area (Å²) in [5.74, 6) is 0.752. The van der Waals surface area contributed by atoms with Gasteiger partial charge in [-0.1, -0.05) is 43.2 Å². The van der Waals surface area contributed by atoms with E-state index in [4.69, 9.17) is 5.73 Å². The van der Waals surface area contributed by atoms with Crippen LogP contribution in [0.15, 0.2) is 30.3 Å². The molecule has 0 aromatic heterocycles. The molecule has 128 valence electrons. The van der Waals surface area contributed by atoms with Crippen LogP contribution in [-0.2, 0) is 4.79 Å². The molecule has 1 aliphatic heterocycles. The summed E-state index contributed by atoms with van der Waals surface area (Å²) >= 11 is 0. The van der Waals surface area contributed by atoms with E-state index in [1.54, 1.807) is 0 Å². The Morgan fingerprint density at radius 1 is 1.26 bits per heavy atom. The number of nitrogens with two attached hydrogens (primary N) is 1. The van der Waals surface area contributed by atoms with Crippen molar-refractivity contribution in [1.82, 2.24) is 4.90 Å². The zero-order valence-electron chi connectivity index (χ0n) is 14.2. The van der Waals surface area contributed by atoms with E-state index in [2.05, 4.69) is 43.0 Å². The Morgan fingerprint density at radius 3 is 2.61 bits per heavy atom. The first-order valence-corrected chi connectivity index (χ1v) is 8.63. The Balaban J connectivity index is 0.00000192. The maximum absolute atomic E-state index is 13.0. The van der Waals surface area contributed by atoms with E-state index in [9.17, 15) is 4.79 Å². The van der Waals surface area contributed by atoms with Gasteiger partial charge in [-0.15, -0.1) is 12.4 Å². The van der Waals surface area contributed by atoms with Crippen molar-refractivity contribution in [3.63, 3.8) is 0 Å². The van der Waals surface area contributed by atoms with E-state index >= 15 is 0 Å². The number of halogens is 1. The van der Waals surface area contributed by atoms with Crippen LogP contribution >= 0.6 is 12.4 Å². The molecule has 0 bridgehead atoms. The van der Waals surface area contributed by atoms with Crippen molar-refractivity contribution in [2.75, 3.05) is 6.54 Å². The van der Waals surface area contributed by atoms with Gasteiger partial charge in [0.05, 0.1) is 5.92 Å². The molecule has 1 heterocycles. The monoisotopic (exact) mass is 336 g/mol. The van der Waals surface area contributed by atoms with Crippen molar-refractivity contribution in [2.45, 2.75) is 63.5 Å². The van der Waals surface area contributed by atoms with Gasteiger partial charge in [-0.05, 0) is 38.7 Å². The summed E-state index contributed by atoms with van der Waals surface area (Å²) in [5, 5.41) is 0. The lowest BCUT2D eigenvalue weighted by atomic mass is 9.74. The van der Waals surface area contributed by atoms with Gasteiger partial charge in [0.25, 0.3) is 0 Å². The summed E-state index contributed by atoms with van der Waals surface area (Å²) in [6.45, 7) is 5.08. The molecule has 0 radical (unpaired) electrons. The van der Waals surface area contributed by atoms with Crippen LogP contribution in [-0.4, -0.2) is 28.9 Å². The molecule has 2 fully saturated rings. The number of hydrogen-bond donors (Lipinski definition) is 1. The molecule has 1 saturated heterocycles. The molecule has 1 saturated carbocycles. The molecule has 1 amide bonds. The molecule has 3 rings (SSSR count). The molecule has 23 heavy (non-hydrogen) atoms. The molecule has 4 unspecified atom stereocenters. The highest BCUT2D eigenvalue weighted by Gasteiger charge is 2.43. The zero-order valence-corrected chi connectivity index (χ0v) is 15.0. The summed E-state index contributed by atoms with van der Waals surface area (Å²) in [4.78, 5) is 15.1. The number of amides is 1. The predicted octanol–water partition coefficient (Wildman–Crippen LogP) is 3.72. The Morgan fingerprint density at radius 2 is 1.96 bits per heavy atom. The van der Waals surface area contributed by atoms with Gasteiger partial charge in [-0.25, -0.2) is 0 Å². The van der Waals surface area contributed by atoms with E-state index < -0.39 is 0 Å². The fraction of sp³-hybridized carbons (Fsp3) is 0.632. The Hall–Kier alpha value is -1.06. The van der Waals surface area contributed by atoms with Crippen LogP contribution in [0.2, 0.25) is 0 Å². The summed E-state index contributed by atoms with van der Waals surface area (Å²) in [7, 11) is 0. The van der Waals surface area contributed by atoms with Gasteiger partial charge in [0, 0.05) is 24.0 Å². The third-order valence-electron chi connectivity index (χ3n) is 5.68. The zero-order chi connectivity index (χ0) is 15.7. The second-order valence-electron chi connectivity index (χ2n) is 7.49. The highest BCUT2D eigenvalue weighted by Crippen LogP contribution is 2.37. The Bertz CT molecular complexity index is 531. The van der Waals surface area contributed by atoms with Crippen molar-refractivity contribution in [2.24, 2.45) is 11.7 Å². The molecule has 2 N–H and O–H groups in total. The summed E-state index contributed by atoms with van der Waals surface area (Å²) < 4.78 is 0. The number of benzene rings is 1. The first kappa shape index (κ1) is 18.3.